The maximum absolute atomic E-state index is 11.6. The Morgan fingerprint density at radius 2 is 2.10 bits per heavy atom. The highest BCUT2D eigenvalue weighted by atomic mass is 16.4. The largest absolute Gasteiger partial charge is 0.480 e. The van der Waals surface area contributed by atoms with Crippen molar-refractivity contribution in [2.75, 3.05) is 0 Å². The zero-order valence-electron chi connectivity index (χ0n) is 12.0. The van der Waals surface area contributed by atoms with E-state index in [2.05, 4.69) is 15.6 Å². The van der Waals surface area contributed by atoms with Gasteiger partial charge in [-0.3, -0.25) is 0 Å². The monoisotopic (exact) mass is 283 g/mol. The molecule has 0 saturated carbocycles. The number of nitrogens with zero attached hydrogens (tertiary/aromatic N) is 1. The molecule has 0 spiro atoms. The van der Waals surface area contributed by atoms with E-state index in [1.54, 1.807) is 6.92 Å². The van der Waals surface area contributed by atoms with Crippen LogP contribution < -0.4 is 10.6 Å². The average Bonchev–Trinajstić information content (AvgIpc) is 2.71. The van der Waals surface area contributed by atoms with Crippen LogP contribution in [0.5, 0.6) is 0 Å². The number of amides is 2. The topological polar surface area (TPSA) is 104 Å². The number of carbonyl (C=O) groups is 2. The summed E-state index contributed by atoms with van der Waals surface area (Å²) in [5, 5.41) is 14.0. The van der Waals surface area contributed by atoms with E-state index in [4.69, 9.17) is 9.52 Å². The first-order valence-electron chi connectivity index (χ1n) is 6.64. The molecule has 20 heavy (non-hydrogen) atoms. The van der Waals surface area contributed by atoms with Crippen LogP contribution in [-0.2, 0) is 11.3 Å². The number of aromatic nitrogens is 1. The van der Waals surface area contributed by atoms with Crippen LogP contribution in [0.3, 0.4) is 0 Å². The Morgan fingerprint density at radius 3 is 2.60 bits per heavy atom. The number of carboxylic acid groups (broad SMARTS) is 1. The molecular weight excluding hydrogens is 262 g/mol. The van der Waals surface area contributed by atoms with Crippen molar-refractivity contribution < 1.29 is 19.1 Å². The number of aliphatic carboxylic acids is 1. The fourth-order valence-electron chi connectivity index (χ4n) is 1.65. The van der Waals surface area contributed by atoms with Crippen LogP contribution in [0.4, 0.5) is 4.79 Å². The van der Waals surface area contributed by atoms with Crippen molar-refractivity contribution in [1.82, 2.24) is 15.6 Å². The number of carboxylic acids is 1. The third-order valence-corrected chi connectivity index (χ3v) is 2.92. The van der Waals surface area contributed by atoms with Crippen molar-refractivity contribution in [2.45, 2.75) is 52.6 Å². The van der Waals surface area contributed by atoms with Gasteiger partial charge in [0.25, 0.3) is 0 Å². The van der Waals surface area contributed by atoms with Crippen LogP contribution in [0, 0.1) is 13.8 Å². The summed E-state index contributed by atoms with van der Waals surface area (Å²) < 4.78 is 5.31. The summed E-state index contributed by atoms with van der Waals surface area (Å²) >= 11 is 0. The van der Waals surface area contributed by atoms with Crippen LogP contribution in [0.15, 0.2) is 4.42 Å². The molecule has 1 atom stereocenters. The summed E-state index contributed by atoms with van der Waals surface area (Å²) in [4.78, 5) is 26.7. The molecule has 0 aliphatic carbocycles. The van der Waals surface area contributed by atoms with E-state index in [1.165, 1.54) is 0 Å². The van der Waals surface area contributed by atoms with Gasteiger partial charge in [0.2, 0.25) is 5.89 Å². The van der Waals surface area contributed by atoms with Gasteiger partial charge in [0.15, 0.2) is 0 Å². The second-order valence-corrected chi connectivity index (χ2v) is 4.61. The summed E-state index contributed by atoms with van der Waals surface area (Å²) in [6.45, 7) is 5.69. The Kier molecular flexibility index (Phi) is 6.02. The Bertz CT molecular complexity index is 451. The fraction of sp³-hybridized carbons (Fsp3) is 0.615. The molecule has 1 rings (SSSR count). The Balaban J connectivity index is 2.43. The molecule has 7 nitrogen and oxygen atoms in total. The van der Waals surface area contributed by atoms with Crippen LogP contribution in [0.1, 0.15) is 43.5 Å². The maximum atomic E-state index is 11.6. The second-order valence-electron chi connectivity index (χ2n) is 4.61. The average molecular weight is 283 g/mol. The summed E-state index contributed by atoms with van der Waals surface area (Å²) in [7, 11) is 0. The van der Waals surface area contributed by atoms with Gasteiger partial charge in [-0.05, 0) is 20.3 Å². The molecule has 0 unspecified atom stereocenters. The Labute approximate surface area is 117 Å². The smallest absolute Gasteiger partial charge is 0.326 e. The molecule has 1 aromatic rings. The van der Waals surface area contributed by atoms with E-state index in [-0.39, 0.29) is 6.54 Å². The molecule has 3 N–H and O–H groups in total. The molecular formula is C13H21N3O4. The van der Waals surface area contributed by atoms with Gasteiger partial charge in [0.05, 0.1) is 12.2 Å². The standard InChI is InChI=1S/C13H21N3O4/c1-4-5-6-10(12(17)18)16-13(19)14-7-11-15-8(2)9(3)20-11/h10H,4-7H2,1-3H3,(H,17,18)(H2,14,16,19)/t10-/m0/s1. The van der Waals surface area contributed by atoms with Crippen molar-refractivity contribution in [2.24, 2.45) is 0 Å². The SMILES string of the molecule is CCCC[C@H](NC(=O)NCc1nc(C)c(C)o1)C(=O)O. The van der Waals surface area contributed by atoms with Crippen molar-refractivity contribution in [1.29, 1.82) is 0 Å². The predicted molar refractivity (Wildman–Crippen MR) is 72.3 cm³/mol. The minimum Gasteiger partial charge on any atom is -0.480 e. The summed E-state index contributed by atoms with van der Waals surface area (Å²) in [5.74, 6) is 0.0700. The number of hydrogen-bond acceptors (Lipinski definition) is 4. The molecule has 0 saturated heterocycles. The number of nitrogens with one attached hydrogen (secondary N) is 2. The summed E-state index contributed by atoms with van der Waals surface area (Å²) in [5.41, 5.74) is 0.772. The molecule has 0 aliphatic heterocycles. The molecule has 1 aromatic heterocycles. The molecule has 0 bridgehead atoms. The lowest BCUT2D eigenvalue weighted by Gasteiger charge is -2.14. The first-order chi connectivity index (χ1) is 9.43. The number of carbonyl (C=O) groups excluding carboxylic acids is 1. The summed E-state index contributed by atoms with van der Waals surface area (Å²) in [6.07, 6.45) is 2.04. The molecule has 112 valence electrons. The van der Waals surface area contributed by atoms with Crippen LogP contribution in [0.2, 0.25) is 0 Å². The van der Waals surface area contributed by atoms with Gasteiger partial charge in [0, 0.05) is 0 Å². The predicted octanol–water partition coefficient (Wildman–Crippen LogP) is 1.73. The van der Waals surface area contributed by atoms with Crippen molar-refractivity contribution in [3.8, 4) is 0 Å². The van der Waals surface area contributed by atoms with Gasteiger partial charge in [0.1, 0.15) is 11.8 Å². The number of aryl methyl sites for hydroxylation is 2. The number of rotatable bonds is 7. The zero-order chi connectivity index (χ0) is 15.1. The van der Waals surface area contributed by atoms with Crippen molar-refractivity contribution >= 4 is 12.0 Å². The lowest BCUT2D eigenvalue weighted by Crippen LogP contribution is -2.45. The molecule has 7 heteroatoms. The van der Waals surface area contributed by atoms with Gasteiger partial charge >= 0.3 is 12.0 Å². The normalized spacial score (nSPS) is 11.9. The van der Waals surface area contributed by atoms with Gasteiger partial charge in [-0.1, -0.05) is 19.8 Å². The molecule has 0 radical (unpaired) electrons. The highest BCUT2D eigenvalue weighted by Crippen LogP contribution is 2.07. The fourth-order valence-corrected chi connectivity index (χ4v) is 1.65. The van der Waals surface area contributed by atoms with E-state index in [0.29, 0.717) is 18.1 Å². The lowest BCUT2D eigenvalue weighted by molar-refractivity contribution is -0.139. The molecule has 1 heterocycles. The van der Waals surface area contributed by atoms with Crippen molar-refractivity contribution in [3.63, 3.8) is 0 Å². The number of oxazole rings is 1. The maximum Gasteiger partial charge on any atom is 0.326 e. The van der Waals surface area contributed by atoms with Crippen LogP contribution in [0.25, 0.3) is 0 Å². The van der Waals surface area contributed by atoms with Gasteiger partial charge in [-0.2, -0.15) is 0 Å². The quantitative estimate of drug-likeness (QED) is 0.707. The third-order valence-electron chi connectivity index (χ3n) is 2.92. The van der Waals surface area contributed by atoms with E-state index < -0.39 is 18.0 Å². The molecule has 0 fully saturated rings. The minimum atomic E-state index is -1.03. The lowest BCUT2D eigenvalue weighted by atomic mass is 10.1. The van der Waals surface area contributed by atoms with Crippen molar-refractivity contribution in [3.05, 3.63) is 17.3 Å². The van der Waals surface area contributed by atoms with Crippen LogP contribution >= 0.6 is 0 Å². The molecule has 0 aromatic carbocycles. The van der Waals surface area contributed by atoms with Crippen LogP contribution in [-0.4, -0.2) is 28.1 Å². The van der Waals surface area contributed by atoms with E-state index in [1.807, 2.05) is 13.8 Å². The Hall–Kier alpha value is -2.05. The molecule has 0 aliphatic rings. The second kappa shape index (κ2) is 7.52. The number of unbranched alkanes of at least 4 members (excludes halogenated alkanes) is 1. The number of urea groups is 1. The third kappa shape index (κ3) is 4.91. The Morgan fingerprint density at radius 1 is 1.40 bits per heavy atom. The van der Waals surface area contributed by atoms with Gasteiger partial charge < -0.3 is 20.2 Å². The highest BCUT2D eigenvalue weighted by Gasteiger charge is 2.19. The number of hydrogen-bond donors (Lipinski definition) is 3. The van der Waals surface area contributed by atoms with Gasteiger partial charge in [-0.15, -0.1) is 0 Å². The van der Waals surface area contributed by atoms with E-state index in [0.717, 1.165) is 18.5 Å². The first-order valence-corrected chi connectivity index (χ1v) is 6.64. The zero-order valence-corrected chi connectivity index (χ0v) is 12.0. The highest BCUT2D eigenvalue weighted by molar-refractivity contribution is 5.82. The summed E-state index contributed by atoms with van der Waals surface area (Å²) in [6, 6.07) is -1.41. The first kappa shape index (κ1) is 16.0. The van der Waals surface area contributed by atoms with E-state index in [9.17, 15) is 9.59 Å². The minimum absolute atomic E-state index is 0.126. The van der Waals surface area contributed by atoms with E-state index >= 15 is 0 Å². The molecule has 2 amide bonds. The van der Waals surface area contributed by atoms with Gasteiger partial charge in [-0.25, -0.2) is 14.6 Å².